The molecule has 0 unspecified atom stereocenters. The number of morpholine rings is 1. The van der Waals surface area contributed by atoms with Crippen LogP contribution < -0.4 is 15.5 Å². The van der Waals surface area contributed by atoms with Gasteiger partial charge in [0.05, 0.1) is 31.0 Å². The highest BCUT2D eigenvalue weighted by molar-refractivity contribution is 14.0. The fourth-order valence-corrected chi connectivity index (χ4v) is 2.59. The maximum Gasteiger partial charge on any atom is 0.191 e. The van der Waals surface area contributed by atoms with Crippen molar-refractivity contribution in [2.45, 2.75) is 32.9 Å². The molecule has 0 saturated carbocycles. The third kappa shape index (κ3) is 7.79. The summed E-state index contributed by atoms with van der Waals surface area (Å²) in [7, 11) is 1.69. The second kappa shape index (κ2) is 11.7. The number of aliphatic imine (C=N–C) groups is 1. The molecule has 1 heterocycles. The molecule has 0 radical (unpaired) electrons. The van der Waals surface area contributed by atoms with E-state index < -0.39 is 0 Å². The number of hydrogen-bond acceptors (Lipinski definition) is 4. The second-order valence-electron chi connectivity index (χ2n) is 6.90. The zero-order valence-corrected chi connectivity index (χ0v) is 19.0. The lowest BCUT2D eigenvalue weighted by Crippen LogP contribution is -2.45. The number of guanidine groups is 1. The van der Waals surface area contributed by atoms with Crippen LogP contribution in [0.25, 0.3) is 0 Å². The highest BCUT2D eigenvalue weighted by Crippen LogP contribution is 2.22. The van der Waals surface area contributed by atoms with Crippen LogP contribution in [0.2, 0.25) is 0 Å². The molecule has 1 aliphatic heterocycles. The molecule has 1 aromatic rings. The van der Waals surface area contributed by atoms with E-state index in [-0.39, 0.29) is 35.4 Å². The number of methoxy groups -OCH3 is 1. The standard InChI is InChI=1S/C19H31FN4O2.HI/c1-5-21-18(23-14-19(2,3)25-4)22-13-15-6-7-17(16(20)12-15)24-8-10-26-11-9-24;/h6-7,12H,5,8-11,13-14H2,1-4H3,(H2,21,22,23);1H. The van der Waals surface area contributed by atoms with Gasteiger partial charge in [-0.15, -0.1) is 24.0 Å². The minimum absolute atomic E-state index is 0. The van der Waals surface area contributed by atoms with Gasteiger partial charge >= 0.3 is 0 Å². The lowest BCUT2D eigenvalue weighted by atomic mass is 10.1. The van der Waals surface area contributed by atoms with Gasteiger partial charge in [-0.2, -0.15) is 0 Å². The highest BCUT2D eigenvalue weighted by Gasteiger charge is 2.17. The summed E-state index contributed by atoms with van der Waals surface area (Å²) in [6, 6.07) is 5.33. The van der Waals surface area contributed by atoms with E-state index in [9.17, 15) is 4.39 Å². The number of nitrogens with one attached hydrogen (secondary N) is 2. The molecule has 1 aliphatic rings. The first-order valence-electron chi connectivity index (χ1n) is 9.13. The Morgan fingerprint density at radius 3 is 2.59 bits per heavy atom. The summed E-state index contributed by atoms with van der Waals surface area (Å²) in [5, 5.41) is 6.45. The van der Waals surface area contributed by atoms with E-state index in [1.165, 1.54) is 0 Å². The lowest BCUT2D eigenvalue weighted by Gasteiger charge is -2.29. The Balaban J connectivity index is 0.00000364. The van der Waals surface area contributed by atoms with Crippen molar-refractivity contribution in [2.75, 3.05) is 51.4 Å². The quantitative estimate of drug-likeness (QED) is 0.347. The SMILES string of the molecule is CCNC(=NCc1ccc(N2CCOCC2)c(F)c1)NCC(C)(C)OC.I. The molecule has 6 nitrogen and oxygen atoms in total. The Morgan fingerprint density at radius 2 is 2.00 bits per heavy atom. The van der Waals surface area contributed by atoms with Crippen molar-refractivity contribution in [3.8, 4) is 0 Å². The van der Waals surface area contributed by atoms with Crippen LogP contribution in [-0.2, 0) is 16.0 Å². The minimum Gasteiger partial charge on any atom is -0.378 e. The van der Waals surface area contributed by atoms with Gasteiger partial charge in [-0.25, -0.2) is 9.38 Å². The molecular weight excluding hydrogens is 462 g/mol. The lowest BCUT2D eigenvalue weighted by molar-refractivity contribution is 0.0268. The molecule has 2 N–H and O–H groups in total. The topological polar surface area (TPSA) is 58.1 Å². The van der Waals surface area contributed by atoms with Crippen LogP contribution in [0, 0.1) is 5.82 Å². The fourth-order valence-electron chi connectivity index (χ4n) is 2.59. The Morgan fingerprint density at radius 1 is 1.30 bits per heavy atom. The van der Waals surface area contributed by atoms with E-state index >= 15 is 0 Å². The predicted octanol–water partition coefficient (Wildman–Crippen LogP) is 2.76. The minimum atomic E-state index is -0.290. The molecule has 27 heavy (non-hydrogen) atoms. The van der Waals surface area contributed by atoms with Crippen molar-refractivity contribution >= 4 is 35.6 Å². The molecule has 1 aromatic carbocycles. The Hall–Kier alpha value is -1.13. The van der Waals surface area contributed by atoms with Crippen LogP contribution >= 0.6 is 24.0 Å². The van der Waals surface area contributed by atoms with Gasteiger partial charge in [-0.1, -0.05) is 6.07 Å². The predicted molar refractivity (Wildman–Crippen MR) is 119 cm³/mol. The molecule has 8 heteroatoms. The van der Waals surface area contributed by atoms with Crippen LogP contribution in [0.1, 0.15) is 26.3 Å². The molecule has 0 amide bonds. The molecule has 1 fully saturated rings. The van der Waals surface area contributed by atoms with Gasteiger partial charge in [0.1, 0.15) is 5.82 Å². The average molecular weight is 494 g/mol. The molecular formula is C19H32FIN4O2. The summed E-state index contributed by atoms with van der Waals surface area (Å²) in [6.45, 7) is 10.5. The number of anilines is 1. The van der Waals surface area contributed by atoms with Gasteiger partial charge in [0.15, 0.2) is 5.96 Å². The number of halogens is 2. The first-order valence-corrected chi connectivity index (χ1v) is 9.13. The van der Waals surface area contributed by atoms with E-state index in [0.29, 0.717) is 38.0 Å². The Bertz CT molecular complexity index is 607. The molecule has 0 bridgehead atoms. The normalized spacial score (nSPS) is 15.3. The van der Waals surface area contributed by atoms with Crippen LogP contribution in [-0.4, -0.2) is 58.1 Å². The van der Waals surface area contributed by atoms with Crippen molar-refractivity contribution < 1.29 is 13.9 Å². The van der Waals surface area contributed by atoms with Crippen LogP contribution in [0.15, 0.2) is 23.2 Å². The molecule has 0 aliphatic carbocycles. The zero-order valence-electron chi connectivity index (χ0n) is 16.7. The van der Waals surface area contributed by atoms with Gasteiger partial charge in [0.25, 0.3) is 0 Å². The molecule has 0 aromatic heterocycles. The third-order valence-electron chi connectivity index (χ3n) is 4.36. The summed E-state index contributed by atoms with van der Waals surface area (Å²) in [5.41, 5.74) is 1.18. The van der Waals surface area contributed by atoms with Gasteiger partial charge in [0.2, 0.25) is 0 Å². The maximum absolute atomic E-state index is 14.5. The van der Waals surface area contributed by atoms with Gasteiger partial charge in [-0.3, -0.25) is 0 Å². The van der Waals surface area contributed by atoms with Crippen molar-refractivity contribution in [1.29, 1.82) is 0 Å². The number of benzene rings is 1. The summed E-state index contributed by atoms with van der Waals surface area (Å²) in [4.78, 5) is 6.56. The second-order valence-corrected chi connectivity index (χ2v) is 6.90. The van der Waals surface area contributed by atoms with Crippen molar-refractivity contribution in [3.63, 3.8) is 0 Å². The summed E-state index contributed by atoms with van der Waals surface area (Å²) < 4.78 is 25.2. The smallest absolute Gasteiger partial charge is 0.191 e. The monoisotopic (exact) mass is 494 g/mol. The van der Waals surface area contributed by atoms with E-state index in [1.54, 1.807) is 13.2 Å². The summed E-state index contributed by atoms with van der Waals surface area (Å²) >= 11 is 0. The van der Waals surface area contributed by atoms with Crippen molar-refractivity contribution in [2.24, 2.45) is 4.99 Å². The Labute approximate surface area is 178 Å². The van der Waals surface area contributed by atoms with Crippen LogP contribution in [0.3, 0.4) is 0 Å². The number of nitrogens with zero attached hydrogens (tertiary/aromatic N) is 2. The summed E-state index contributed by atoms with van der Waals surface area (Å²) in [5.74, 6) is 0.480. The van der Waals surface area contributed by atoms with Gasteiger partial charge in [-0.05, 0) is 38.5 Å². The summed E-state index contributed by atoms with van der Waals surface area (Å²) in [6.07, 6.45) is 0. The van der Waals surface area contributed by atoms with Crippen molar-refractivity contribution in [3.05, 3.63) is 29.6 Å². The number of hydrogen-bond donors (Lipinski definition) is 2. The molecule has 1 saturated heterocycles. The molecule has 154 valence electrons. The molecule has 0 atom stereocenters. The first kappa shape index (κ1) is 23.9. The van der Waals surface area contributed by atoms with E-state index in [4.69, 9.17) is 9.47 Å². The van der Waals surface area contributed by atoms with Crippen LogP contribution in [0.4, 0.5) is 10.1 Å². The molecule has 0 spiro atoms. The van der Waals surface area contributed by atoms with Crippen molar-refractivity contribution in [1.82, 2.24) is 10.6 Å². The maximum atomic E-state index is 14.5. The van der Waals surface area contributed by atoms with E-state index in [0.717, 1.165) is 25.2 Å². The molecule has 2 rings (SSSR count). The Kier molecular flexibility index (Phi) is 10.3. The third-order valence-corrected chi connectivity index (χ3v) is 4.36. The number of ether oxygens (including phenoxy) is 2. The zero-order chi connectivity index (χ0) is 19.0. The largest absolute Gasteiger partial charge is 0.378 e. The van der Waals surface area contributed by atoms with E-state index in [2.05, 4.69) is 15.6 Å². The number of rotatable bonds is 7. The highest BCUT2D eigenvalue weighted by atomic mass is 127. The van der Waals surface area contributed by atoms with Gasteiger partial charge in [0, 0.05) is 33.3 Å². The fraction of sp³-hybridized carbons (Fsp3) is 0.632. The average Bonchev–Trinajstić information content (AvgIpc) is 2.65. The van der Waals surface area contributed by atoms with Gasteiger partial charge < -0.3 is 25.0 Å². The van der Waals surface area contributed by atoms with Crippen LogP contribution in [0.5, 0.6) is 0 Å². The van der Waals surface area contributed by atoms with E-state index in [1.807, 2.05) is 37.8 Å². The first-order chi connectivity index (χ1) is 12.4.